The highest BCUT2D eigenvalue weighted by molar-refractivity contribution is 4.82. The number of halogens is 2. The van der Waals surface area contributed by atoms with Crippen molar-refractivity contribution in [1.29, 1.82) is 0 Å². The number of alkyl halides is 2. The molecule has 13 heavy (non-hydrogen) atoms. The molecule has 1 aliphatic heterocycles. The number of hydrogen-bond donors (Lipinski definition) is 1. The molecular weight excluding hydrogens is 178 g/mol. The lowest BCUT2D eigenvalue weighted by atomic mass is 9.82. The quantitative estimate of drug-likeness (QED) is 0.740. The van der Waals surface area contributed by atoms with Gasteiger partial charge in [-0.3, -0.25) is 0 Å². The third kappa shape index (κ3) is 2.61. The predicted molar refractivity (Wildman–Crippen MR) is 44.7 cm³/mol. The van der Waals surface area contributed by atoms with E-state index >= 15 is 0 Å². The van der Waals surface area contributed by atoms with Gasteiger partial charge in [0.05, 0.1) is 19.3 Å². The van der Waals surface area contributed by atoms with Crippen LogP contribution in [0.1, 0.15) is 20.3 Å². The maximum Gasteiger partial charge on any atom is 0.243 e. The van der Waals surface area contributed by atoms with Gasteiger partial charge in [-0.1, -0.05) is 13.8 Å². The summed E-state index contributed by atoms with van der Waals surface area (Å²) >= 11 is 0. The van der Waals surface area contributed by atoms with Crippen molar-refractivity contribution in [1.82, 2.24) is 0 Å². The molecule has 1 heterocycles. The van der Waals surface area contributed by atoms with E-state index in [2.05, 4.69) is 0 Å². The number of ether oxygens (including phenoxy) is 1. The Kier molecular flexibility index (Phi) is 3.24. The summed E-state index contributed by atoms with van der Waals surface area (Å²) in [5.41, 5.74) is -1.03. The van der Waals surface area contributed by atoms with Crippen LogP contribution in [-0.4, -0.2) is 30.8 Å². The highest BCUT2D eigenvalue weighted by Gasteiger charge is 2.37. The van der Waals surface area contributed by atoms with Crippen LogP contribution in [0.4, 0.5) is 8.78 Å². The van der Waals surface area contributed by atoms with Gasteiger partial charge < -0.3 is 9.84 Å². The Morgan fingerprint density at radius 1 is 1.46 bits per heavy atom. The van der Waals surface area contributed by atoms with Gasteiger partial charge in [0, 0.05) is 11.3 Å². The molecule has 0 saturated carbocycles. The zero-order chi connectivity index (χ0) is 10.1. The Morgan fingerprint density at radius 3 is 2.46 bits per heavy atom. The maximum atomic E-state index is 12.5. The first-order chi connectivity index (χ1) is 5.93. The number of aliphatic hydroxyl groups excluding tert-OH is 1. The lowest BCUT2D eigenvalue weighted by molar-refractivity contribution is -0.00752. The van der Waals surface area contributed by atoms with Gasteiger partial charge in [0.25, 0.3) is 0 Å². The molecule has 0 aromatic rings. The molecule has 1 saturated heterocycles. The minimum absolute atomic E-state index is 0.135. The molecule has 0 aliphatic carbocycles. The molecule has 1 fully saturated rings. The average molecular weight is 194 g/mol. The Morgan fingerprint density at radius 2 is 2.08 bits per heavy atom. The van der Waals surface area contributed by atoms with E-state index in [0.29, 0.717) is 13.0 Å². The summed E-state index contributed by atoms with van der Waals surface area (Å²) in [5.74, 6) is -0.135. The Hall–Kier alpha value is -0.220. The molecule has 0 spiro atoms. The standard InChI is InChI=1S/C9H16F2O2/c1-9(2,8(10)11)3-6-4-13-5-7(6)12/h6-8,12H,3-5H2,1-2H3/t6-,7-/m1/s1. The first kappa shape index (κ1) is 10.9. The molecule has 0 amide bonds. The van der Waals surface area contributed by atoms with Crippen molar-refractivity contribution in [2.24, 2.45) is 11.3 Å². The Bertz CT molecular complexity index is 171. The second kappa shape index (κ2) is 3.88. The van der Waals surface area contributed by atoms with E-state index in [-0.39, 0.29) is 12.5 Å². The average Bonchev–Trinajstić information content (AvgIpc) is 2.35. The Labute approximate surface area is 76.9 Å². The van der Waals surface area contributed by atoms with Crippen molar-refractivity contribution >= 4 is 0 Å². The monoisotopic (exact) mass is 194 g/mol. The van der Waals surface area contributed by atoms with E-state index in [1.807, 2.05) is 0 Å². The minimum Gasteiger partial charge on any atom is -0.390 e. The molecule has 0 aromatic heterocycles. The summed E-state index contributed by atoms with van der Waals surface area (Å²) in [6, 6.07) is 0. The Balaban J connectivity index is 2.47. The number of aliphatic hydroxyl groups is 1. The van der Waals surface area contributed by atoms with Crippen molar-refractivity contribution < 1.29 is 18.6 Å². The highest BCUT2D eigenvalue weighted by atomic mass is 19.3. The maximum absolute atomic E-state index is 12.5. The van der Waals surface area contributed by atoms with Crippen molar-refractivity contribution in [3.63, 3.8) is 0 Å². The van der Waals surface area contributed by atoms with E-state index < -0.39 is 17.9 Å². The second-order valence-electron chi connectivity index (χ2n) is 4.36. The van der Waals surface area contributed by atoms with Gasteiger partial charge in [-0.25, -0.2) is 8.78 Å². The van der Waals surface area contributed by atoms with Crippen LogP contribution in [0.25, 0.3) is 0 Å². The summed E-state index contributed by atoms with van der Waals surface area (Å²) in [5, 5.41) is 9.36. The molecule has 78 valence electrons. The van der Waals surface area contributed by atoms with Crippen LogP contribution in [0, 0.1) is 11.3 Å². The molecule has 4 heteroatoms. The SMILES string of the molecule is CC(C)(C[C@@H]1COC[C@H]1O)C(F)F. The normalized spacial score (nSPS) is 30.0. The van der Waals surface area contributed by atoms with Gasteiger partial charge in [0.2, 0.25) is 6.43 Å². The summed E-state index contributed by atoms with van der Waals surface area (Å²) in [6.07, 6.45) is -2.61. The molecular formula is C9H16F2O2. The number of hydrogen-bond acceptors (Lipinski definition) is 2. The van der Waals surface area contributed by atoms with Gasteiger partial charge in [0.1, 0.15) is 0 Å². The molecule has 2 atom stereocenters. The molecule has 1 N–H and O–H groups in total. The summed E-state index contributed by atoms with van der Waals surface area (Å²) in [7, 11) is 0. The lowest BCUT2D eigenvalue weighted by Gasteiger charge is -2.27. The molecule has 0 unspecified atom stereocenters. The van der Waals surface area contributed by atoms with Crippen molar-refractivity contribution in [2.75, 3.05) is 13.2 Å². The van der Waals surface area contributed by atoms with Crippen LogP contribution in [0.5, 0.6) is 0 Å². The predicted octanol–water partition coefficient (Wildman–Crippen LogP) is 1.68. The van der Waals surface area contributed by atoms with Gasteiger partial charge >= 0.3 is 0 Å². The van der Waals surface area contributed by atoms with E-state index in [1.54, 1.807) is 0 Å². The smallest absolute Gasteiger partial charge is 0.243 e. The van der Waals surface area contributed by atoms with E-state index in [0.717, 1.165) is 0 Å². The van der Waals surface area contributed by atoms with E-state index in [4.69, 9.17) is 4.74 Å². The minimum atomic E-state index is -2.35. The molecule has 1 rings (SSSR count). The van der Waals surface area contributed by atoms with Crippen LogP contribution in [0.3, 0.4) is 0 Å². The van der Waals surface area contributed by atoms with Crippen molar-refractivity contribution in [3.8, 4) is 0 Å². The van der Waals surface area contributed by atoms with Crippen molar-refractivity contribution in [2.45, 2.75) is 32.8 Å². The van der Waals surface area contributed by atoms with Crippen LogP contribution in [0.2, 0.25) is 0 Å². The van der Waals surface area contributed by atoms with E-state index in [9.17, 15) is 13.9 Å². The largest absolute Gasteiger partial charge is 0.390 e. The fourth-order valence-corrected chi connectivity index (χ4v) is 1.55. The number of rotatable bonds is 3. The zero-order valence-electron chi connectivity index (χ0n) is 7.96. The van der Waals surface area contributed by atoms with Crippen LogP contribution >= 0.6 is 0 Å². The van der Waals surface area contributed by atoms with Crippen LogP contribution in [0.15, 0.2) is 0 Å². The molecule has 2 nitrogen and oxygen atoms in total. The topological polar surface area (TPSA) is 29.5 Å². The molecule has 0 aromatic carbocycles. The van der Waals surface area contributed by atoms with Crippen LogP contribution < -0.4 is 0 Å². The van der Waals surface area contributed by atoms with Gasteiger partial charge in [-0.2, -0.15) is 0 Å². The third-order valence-corrected chi connectivity index (χ3v) is 2.54. The van der Waals surface area contributed by atoms with Crippen LogP contribution in [-0.2, 0) is 4.74 Å². The lowest BCUT2D eigenvalue weighted by Crippen LogP contribution is -2.30. The fraction of sp³-hybridized carbons (Fsp3) is 1.00. The fourth-order valence-electron chi connectivity index (χ4n) is 1.55. The third-order valence-electron chi connectivity index (χ3n) is 2.54. The van der Waals surface area contributed by atoms with Crippen molar-refractivity contribution in [3.05, 3.63) is 0 Å². The van der Waals surface area contributed by atoms with E-state index in [1.165, 1.54) is 13.8 Å². The second-order valence-corrected chi connectivity index (χ2v) is 4.36. The molecule has 0 radical (unpaired) electrons. The molecule has 0 bridgehead atoms. The van der Waals surface area contributed by atoms with Gasteiger partial charge in [-0.05, 0) is 6.42 Å². The molecule has 1 aliphatic rings. The first-order valence-corrected chi connectivity index (χ1v) is 4.47. The summed E-state index contributed by atoms with van der Waals surface area (Å²) in [6.45, 7) is 3.71. The summed E-state index contributed by atoms with van der Waals surface area (Å²) < 4.78 is 29.9. The highest BCUT2D eigenvalue weighted by Crippen LogP contribution is 2.35. The van der Waals surface area contributed by atoms with Gasteiger partial charge in [0.15, 0.2) is 0 Å². The summed E-state index contributed by atoms with van der Waals surface area (Å²) in [4.78, 5) is 0. The zero-order valence-corrected chi connectivity index (χ0v) is 7.96. The van der Waals surface area contributed by atoms with Gasteiger partial charge in [-0.15, -0.1) is 0 Å². The first-order valence-electron chi connectivity index (χ1n) is 4.47.